The quantitative estimate of drug-likeness (QED) is 0.183. The fourth-order valence-corrected chi connectivity index (χ4v) is 5.49. The van der Waals surface area contributed by atoms with Crippen LogP contribution in [0.2, 0.25) is 12.1 Å². The smallest absolute Gasteiger partial charge is 0.397 e. The summed E-state index contributed by atoms with van der Waals surface area (Å²) >= 11 is 0. The molecule has 1 heterocycles. The zero-order valence-corrected chi connectivity index (χ0v) is 19.3. The lowest BCUT2D eigenvalue weighted by atomic mass is 10.5. The second-order valence-electron chi connectivity index (χ2n) is 5.63. The van der Waals surface area contributed by atoms with Crippen LogP contribution in [0.15, 0.2) is 0 Å². The summed E-state index contributed by atoms with van der Waals surface area (Å²) in [6.45, 7) is 4.29. The molecule has 1 aliphatic heterocycles. The molecule has 0 amide bonds. The van der Waals surface area contributed by atoms with Crippen molar-refractivity contribution in [3.8, 4) is 0 Å². The highest BCUT2D eigenvalue weighted by molar-refractivity contribution is 6.67. The van der Waals surface area contributed by atoms with Crippen LogP contribution >= 0.6 is 0 Å². The molecule has 0 aromatic rings. The molecular formula is C15H37NO8Si2. The highest BCUT2D eigenvalue weighted by atomic mass is 28.4. The summed E-state index contributed by atoms with van der Waals surface area (Å²) < 4.78 is 36.9. The van der Waals surface area contributed by atoms with Gasteiger partial charge in [-0.3, -0.25) is 0 Å². The molecule has 0 aromatic heterocycles. The summed E-state index contributed by atoms with van der Waals surface area (Å²) in [4.78, 5) is 4.73. The molecule has 11 heteroatoms. The predicted molar refractivity (Wildman–Crippen MR) is 102 cm³/mol. The number of hydrogen-bond donors (Lipinski definition) is 1. The van der Waals surface area contributed by atoms with E-state index in [0.717, 1.165) is 25.1 Å². The summed E-state index contributed by atoms with van der Waals surface area (Å²) in [5.74, 6) is 0. The molecule has 9 nitrogen and oxygen atoms in total. The fourth-order valence-electron chi connectivity index (χ4n) is 2.15. The van der Waals surface area contributed by atoms with Gasteiger partial charge in [-0.2, -0.15) is 0 Å². The van der Waals surface area contributed by atoms with Crippen LogP contribution in [0.4, 0.5) is 0 Å². The van der Waals surface area contributed by atoms with Gasteiger partial charge in [-0.05, 0) is 12.5 Å². The van der Waals surface area contributed by atoms with Gasteiger partial charge in [0.05, 0.1) is 26.5 Å². The lowest BCUT2D eigenvalue weighted by Gasteiger charge is -2.25. The highest BCUT2D eigenvalue weighted by Gasteiger charge is 2.37. The van der Waals surface area contributed by atoms with Gasteiger partial charge >= 0.3 is 17.4 Å². The minimum absolute atomic E-state index is 0.333. The van der Waals surface area contributed by atoms with Crippen LogP contribution in [0, 0.1) is 0 Å². The van der Waals surface area contributed by atoms with Gasteiger partial charge < -0.3 is 36.4 Å². The first-order chi connectivity index (χ1) is 12.5. The molecule has 0 radical (unpaired) electrons. The van der Waals surface area contributed by atoms with E-state index in [1.54, 1.807) is 42.7 Å². The van der Waals surface area contributed by atoms with E-state index in [0.29, 0.717) is 25.5 Å². The molecule has 1 rings (SSSR count). The predicted octanol–water partition coefficient (Wildman–Crippen LogP) is 1.10. The highest BCUT2D eigenvalue weighted by Crippen LogP contribution is 2.15. The topological polar surface area (TPSA) is 89.2 Å². The minimum atomic E-state index is -2.39. The molecule has 1 fully saturated rings. The molecule has 0 spiro atoms. The van der Waals surface area contributed by atoms with Gasteiger partial charge in [-0.25, -0.2) is 5.48 Å². The third-order valence-corrected chi connectivity index (χ3v) is 10.3. The Morgan fingerprint density at radius 3 is 1.92 bits per heavy atom. The number of epoxide rings is 1. The molecule has 0 bridgehead atoms. The lowest BCUT2D eigenvalue weighted by Crippen LogP contribution is -2.49. The van der Waals surface area contributed by atoms with Gasteiger partial charge in [-0.15, -0.1) is 0 Å². The van der Waals surface area contributed by atoms with E-state index in [-0.39, 0.29) is 0 Å². The molecule has 1 N–H and O–H groups in total. The Kier molecular flexibility index (Phi) is 15.1. The van der Waals surface area contributed by atoms with E-state index in [1.165, 1.54) is 0 Å². The Balaban J connectivity index is 0.000000508. The van der Waals surface area contributed by atoms with Gasteiger partial charge in [0, 0.05) is 48.2 Å². The molecular weight excluding hydrogens is 378 g/mol. The standard InChI is InChI=1S/C9H20O5Si.C6H17NO3Si/c1-10-15(11-2,12-3)6-4-5-13-7-9-8-14-9;1-5-11(9-3,10-4)6-7-8-2/h9H,4-8H2,1-3H3;7H,5-6H2,1-4H3. The molecule has 158 valence electrons. The Labute approximate surface area is 160 Å². The van der Waals surface area contributed by atoms with Crippen molar-refractivity contribution in [2.45, 2.75) is 31.5 Å². The van der Waals surface area contributed by atoms with Gasteiger partial charge in [-0.1, -0.05) is 6.92 Å². The van der Waals surface area contributed by atoms with Crippen molar-refractivity contribution in [2.24, 2.45) is 0 Å². The molecule has 1 unspecified atom stereocenters. The molecule has 1 atom stereocenters. The minimum Gasteiger partial charge on any atom is -0.397 e. The molecule has 0 aromatic carbocycles. The second-order valence-corrected chi connectivity index (χ2v) is 12.4. The van der Waals surface area contributed by atoms with E-state index in [2.05, 4.69) is 12.4 Å². The zero-order valence-electron chi connectivity index (χ0n) is 17.3. The monoisotopic (exact) mass is 415 g/mol. The zero-order chi connectivity index (χ0) is 19.9. The molecule has 1 aliphatic rings. The summed E-state index contributed by atoms with van der Waals surface area (Å²) in [7, 11) is 5.44. The Morgan fingerprint density at radius 1 is 0.962 bits per heavy atom. The normalized spacial score (nSPS) is 17.0. The van der Waals surface area contributed by atoms with Gasteiger partial charge in [0.1, 0.15) is 6.10 Å². The Morgan fingerprint density at radius 2 is 1.54 bits per heavy atom. The van der Waals surface area contributed by atoms with Crippen molar-refractivity contribution in [1.29, 1.82) is 0 Å². The van der Waals surface area contributed by atoms with Gasteiger partial charge in [0.15, 0.2) is 0 Å². The van der Waals surface area contributed by atoms with Crippen molar-refractivity contribution in [1.82, 2.24) is 5.48 Å². The van der Waals surface area contributed by atoms with Crippen molar-refractivity contribution in [3.63, 3.8) is 0 Å². The van der Waals surface area contributed by atoms with E-state index < -0.39 is 17.4 Å². The van der Waals surface area contributed by atoms with Crippen LogP contribution < -0.4 is 5.48 Å². The molecule has 0 aliphatic carbocycles. The average Bonchev–Trinajstić information content (AvgIpc) is 3.52. The van der Waals surface area contributed by atoms with Gasteiger partial charge in [0.25, 0.3) is 0 Å². The van der Waals surface area contributed by atoms with E-state index >= 15 is 0 Å². The summed E-state index contributed by atoms with van der Waals surface area (Å²) in [6, 6.07) is 1.69. The van der Waals surface area contributed by atoms with Crippen LogP contribution in [-0.4, -0.2) is 92.1 Å². The van der Waals surface area contributed by atoms with E-state index in [1.807, 2.05) is 0 Å². The largest absolute Gasteiger partial charge is 0.500 e. The maximum absolute atomic E-state index is 5.42. The van der Waals surface area contributed by atoms with Crippen molar-refractivity contribution in [2.75, 3.05) is 68.6 Å². The van der Waals surface area contributed by atoms with Crippen LogP contribution in [0.5, 0.6) is 0 Å². The fraction of sp³-hybridized carbons (Fsp3) is 1.00. The number of hydrogen-bond acceptors (Lipinski definition) is 9. The summed E-state index contributed by atoms with van der Waals surface area (Å²) in [5.41, 5.74) is 2.75. The van der Waals surface area contributed by atoms with Crippen LogP contribution in [0.25, 0.3) is 0 Å². The first-order valence-electron chi connectivity index (χ1n) is 8.71. The SMILES string of the molecule is CC[Si](CNOC)(OC)OC.CO[Si](CCCOCC1CO1)(OC)OC. The molecule has 0 saturated carbocycles. The number of rotatable bonds is 15. The van der Waals surface area contributed by atoms with Crippen molar-refractivity contribution in [3.05, 3.63) is 0 Å². The van der Waals surface area contributed by atoms with Crippen LogP contribution in [0.1, 0.15) is 13.3 Å². The Bertz CT molecular complexity index is 312. The average molecular weight is 416 g/mol. The third kappa shape index (κ3) is 10.4. The van der Waals surface area contributed by atoms with Gasteiger partial charge in [0.2, 0.25) is 0 Å². The number of hydroxylamine groups is 1. The number of nitrogens with one attached hydrogen (secondary N) is 1. The molecule has 26 heavy (non-hydrogen) atoms. The number of ether oxygens (including phenoxy) is 2. The van der Waals surface area contributed by atoms with Crippen molar-refractivity contribution < 1.29 is 36.4 Å². The maximum Gasteiger partial charge on any atom is 0.500 e. The van der Waals surface area contributed by atoms with E-state index in [4.69, 9.17) is 36.4 Å². The third-order valence-electron chi connectivity index (χ3n) is 4.18. The summed E-state index contributed by atoms with van der Waals surface area (Å²) in [5, 5.41) is 0. The second kappa shape index (κ2) is 15.0. The molecule has 1 saturated heterocycles. The summed E-state index contributed by atoms with van der Waals surface area (Å²) in [6.07, 6.45) is 1.88. The van der Waals surface area contributed by atoms with Crippen LogP contribution in [0.3, 0.4) is 0 Å². The van der Waals surface area contributed by atoms with E-state index in [9.17, 15) is 0 Å². The van der Waals surface area contributed by atoms with Crippen molar-refractivity contribution >= 4 is 17.4 Å². The Hall–Kier alpha value is 0.0738. The first kappa shape index (κ1) is 26.1. The first-order valence-corrected chi connectivity index (χ1v) is 12.9. The lowest BCUT2D eigenvalue weighted by molar-refractivity contribution is 0.0918. The van der Waals surface area contributed by atoms with Crippen LogP contribution in [-0.2, 0) is 36.4 Å². The maximum atomic E-state index is 5.42.